The topological polar surface area (TPSA) is 80.5 Å². The summed E-state index contributed by atoms with van der Waals surface area (Å²) in [6.07, 6.45) is 8.55. The summed E-state index contributed by atoms with van der Waals surface area (Å²) in [4.78, 5) is 21.1. The van der Waals surface area contributed by atoms with Crippen molar-refractivity contribution in [3.63, 3.8) is 0 Å². The van der Waals surface area contributed by atoms with Gasteiger partial charge in [-0.2, -0.15) is 0 Å². The van der Waals surface area contributed by atoms with E-state index in [0.29, 0.717) is 18.2 Å². The van der Waals surface area contributed by atoms with Crippen LogP contribution >= 0.6 is 0 Å². The zero-order chi connectivity index (χ0) is 18.6. The fraction of sp³-hybridized carbons (Fsp3) is 0.350. The number of hydrogen-bond donors (Lipinski definition) is 2. The number of methoxy groups -OCH3 is 1. The van der Waals surface area contributed by atoms with Gasteiger partial charge in [-0.25, -0.2) is 9.97 Å². The molecule has 2 N–H and O–H groups in total. The molecule has 1 saturated carbocycles. The standard InChI is InChI=1S/C20H23N5O2/c1-27-12-2-9-21-18-19-23-13-17(25(19)11-10-22-18)14-3-5-15(6-4-14)20(26)24-16-7-8-16/h3-6,10-11,13,16H,2,7-9,12H2,1H3,(H,21,22)(H,24,26). The van der Waals surface area contributed by atoms with Gasteiger partial charge in [0.1, 0.15) is 0 Å². The highest BCUT2D eigenvalue weighted by Crippen LogP contribution is 2.24. The van der Waals surface area contributed by atoms with Crippen LogP contribution in [0.5, 0.6) is 0 Å². The number of hydrogen-bond acceptors (Lipinski definition) is 5. The number of nitrogens with one attached hydrogen (secondary N) is 2. The van der Waals surface area contributed by atoms with Gasteiger partial charge < -0.3 is 15.4 Å². The van der Waals surface area contributed by atoms with E-state index in [1.165, 1.54) is 0 Å². The van der Waals surface area contributed by atoms with Crippen LogP contribution in [-0.2, 0) is 4.74 Å². The Morgan fingerprint density at radius 1 is 1.26 bits per heavy atom. The fourth-order valence-electron chi connectivity index (χ4n) is 2.97. The first-order valence-corrected chi connectivity index (χ1v) is 9.22. The molecule has 0 spiro atoms. The first kappa shape index (κ1) is 17.5. The van der Waals surface area contributed by atoms with Crippen molar-refractivity contribution in [2.24, 2.45) is 0 Å². The molecule has 7 nitrogen and oxygen atoms in total. The Balaban J connectivity index is 1.54. The molecule has 1 fully saturated rings. The third-order valence-corrected chi connectivity index (χ3v) is 4.60. The second-order valence-corrected chi connectivity index (χ2v) is 6.71. The smallest absolute Gasteiger partial charge is 0.251 e. The minimum Gasteiger partial charge on any atom is -0.385 e. The van der Waals surface area contributed by atoms with Crippen molar-refractivity contribution >= 4 is 17.4 Å². The molecular formula is C20H23N5O2. The molecule has 27 heavy (non-hydrogen) atoms. The lowest BCUT2D eigenvalue weighted by Crippen LogP contribution is -2.25. The van der Waals surface area contributed by atoms with Gasteiger partial charge >= 0.3 is 0 Å². The average molecular weight is 365 g/mol. The zero-order valence-electron chi connectivity index (χ0n) is 15.3. The summed E-state index contributed by atoms with van der Waals surface area (Å²) in [5.74, 6) is 0.745. The third-order valence-electron chi connectivity index (χ3n) is 4.60. The van der Waals surface area contributed by atoms with Crippen LogP contribution in [0.15, 0.2) is 42.9 Å². The highest BCUT2D eigenvalue weighted by Gasteiger charge is 2.23. The van der Waals surface area contributed by atoms with E-state index < -0.39 is 0 Å². The highest BCUT2D eigenvalue weighted by molar-refractivity contribution is 5.95. The lowest BCUT2D eigenvalue weighted by atomic mass is 10.1. The molecule has 0 aliphatic heterocycles. The number of carbonyl (C=O) groups excluding carboxylic acids is 1. The van der Waals surface area contributed by atoms with E-state index in [1.54, 1.807) is 13.3 Å². The summed E-state index contributed by atoms with van der Waals surface area (Å²) in [5, 5.41) is 6.32. The molecule has 0 radical (unpaired) electrons. The van der Waals surface area contributed by atoms with Gasteiger partial charge in [0.05, 0.1) is 11.9 Å². The van der Waals surface area contributed by atoms with E-state index in [4.69, 9.17) is 4.74 Å². The first-order chi connectivity index (χ1) is 13.3. The number of imidazole rings is 1. The number of carbonyl (C=O) groups is 1. The van der Waals surface area contributed by atoms with Crippen molar-refractivity contribution in [2.45, 2.75) is 25.3 Å². The number of nitrogens with zero attached hydrogens (tertiary/aromatic N) is 3. The molecule has 140 valence electrons. The van der Waals surface area contributed by atoms with E-state index in [-0.39, 0.29) is 5.91 Å². The van der Waals surface area contributed by atoms with Crippen molar-refractivity contribution < 1.29 is 9.53 Å². The van der Waals surface area contributed by atoms with Crippen LogP contribution in [0.3, 0.4) is 0 Å². The quantitative estimate of drug-likeness (QED) is 0.600. The van der Waals surface area contributed by atoms with E-state index in [0.717, 1.165) is 48.5 Å². The van der Waals surface area contributed by atoms with Gasteiger partial charge in [-0.15, -0.1) is 0 Å². The highest BCUT2D eigenvalue weighted by atomic mass is 16.5. The van der Waals surface area contributed by atoms with Gasteiger partial charge in [0.2, 0.25) is 0 Å². The van der Waals surface area contributed by atoms with Gasteiger partial charge in [-0.1, -0.05) is 12.1 Å². The number of rotatable bonds is 8. The third kappa shape index (κ3) is 3.93. The van der Waals surface area contributed by atoms with Crippen LogP contribution < -0.4 is 10.6 Å². The number of amides is 1. The maximum atomic E-state index is 12.1. The number of anilines is 1. The monoisotopic (exact) mass is 365 g/mol. The summed E-state index contributed by atoms with van der Waals surface area (Å²) < 4.78 is 7.08. The molecule has 0 bridgehead atoms. The van der Waals surface area contributed by atoms with Crippen LogP contribution in [0.4, 0.5) is 5.82 Å². The van der Waals surface area contributed by atoms with Gasteiger partial charge in [0, 0.05) is 49.8 Å². The maximum Gasteiger partial charge on any atom is 0.251 e. The molecule has 0 atom stereocenters. The van der Waals surface area contributed by atoms with Crippen molar-refractivity contribution in [1.82, 2.24) is 19.7 Å². The van der Waals surface area contributed by atoms with E-state index in [2.05, 4.69) is 20.6 Å². The molecule has 1 aliphatic rings. The summed E-state index contributed by atoms with van der Waals surface area (Å²) in [7, 11) is 1.70. The predicted molar refractivity (Wildman–Crippen MR) is 104 cm³/mol. The van der Waals surface area contributed by atoms with Gasteiger partial charge in [-0.05, 0) is 31.4 Å². The number of aromatic nitrogens is 3. The van der Waals surface area contributed by atoms with Gasteiger partial charge in [0.25, 0.3) is 5.91 Å². The lowest BCUT2D eigenvalue weighted by Gasteiger charge is -2.08. The lowest BCUT2D eigenvalue weighted by molar-refractivity contribution is 0.0951. The molecule has 7 heteroatoms. The molecule has 0 unspecified atom stereocenters. The number of ether oxygens (including phenoxy) is 1. The number of benzene rings is 1. The van der Waals surface area contributed by atoms with Crippen molar-refractivity contribution in [3.05, 3.63) is 48.4 Å². The Bertz CT molecular complexity index is 931. The van der Waals surface area contributed by atoms with Crippen molar-refractivity contribution in [1.29, 1.82) is 0 Å². The average Bonchev–Trinajstić information content (AvgIpc) is 3.40. The van der Waals surface area contributed by atoms with Crippen LogP contribution in [-0.4, -0.2) is 46.6 Å². The molecule has 1 aromatic carbocycles. The van der Waals surface area contributed by atoms with Crippen LogP contribution in [0.1, 0.15) is 29.6 Å². The molecule has 0 saturated heterocycles. The summed E-state index contributed by atoms with van der Waals surface area (Å²) in [6, 6.07) is 7.99. The normalized spacial score (nSPS) is 13.7. The van der Waals surface area contributed by atoms with Gasteiger partial charge in [0.15, 0.2) is 11.5 Å². The van der Waals surface area contributed by atoms with E-state index >= 15 is 0 Å². The second kappa shape index (κ2) is 7.75. The van der Waals surface area contributed by atoms with Crippen LogP contribution in [0, 0.1) is 0 Å². The molecule has 1 amide bonds. The molecule has 2 aromatic heterocycles. The van der Waals surface area contributed by atoms with Crippen molar-refractivity contribution in [3.8, 4) is 11.3 Å². The first-order valence-electron chi connectivity index (χ1n) is 9.22. The van der Waals surface area contributed by atoms with Crippen LogP contribution in [0.2, 0.25) is 0 Å². The summed E-state index contributed by atoms with van der Waals surface area (Å²) in [5.41, 5.74) is 3.42. The second-order valence-electron chi connectivity index (χ2n) is 6.71. The predicted octanol–water partition coefficient (Wildman–Crippen LogP) is 2.74. The Labute approximate surface area is 157 Å². The van der Waals surface area contributed by atoms with Crippen LogP contribution in [0.25, 0.3) is 16.9 Å². The minimum absolute atomic E-state index is 0.00561. The molecule has 4 rings (SSSR count). The summed E-state index contributed by atoms with van der Waals surface area (Å²) >= 11 is 0. The Hall–Kier alpha value is -2.93. The Morgan fingerprint density at radius 2 is 2.07 bits per heavy atom. The molecule has 3 aromatic rings. The van der Waals surface area contributed by atoms with Crippen molar-refractivity contribution in [2.75, 3.05) is 25.6 Å². The zero-order valence-corrected chi connectivity index (χ0v) is 15.3. The SMILES string of the molecule is COCCCNc1nccn2c(-c3ccc(C(=O)NC4CC4)cc3)cnc12. The Morgan fingerprint density at radius 3 is 2.81 bits per heavy atom. The van der Waals surface area contributed by atoms with E-state index in [1.807, 2.05) is 41.1 Å². The van der Waals surface area contributed by atoms with Gasteiger partial charge in [-0.3, -0.25) is 9.20 Å². The Kier molecular flexibility index (Phi) is 5.02. The number of fused-ring (bicyclic) bond motifs is 1. The minimum atomic E-state index is -0.00561. The maximum absolute atomic E-state index is 12.1. The molecule has 1 aliphatic carbocycles. The largest absolute Gasteiger partial charge is 0.385 e. The van der Waals surface area contributed by atoms with E-state index in [9.17, 15) is 4.79 Å². The molecular weight excluding hydrogens is 342 g/mol. The molecule has 2 heterocycles. The fourth-order valence-corrected chi connectivity index (χ4v) is 2.97. The summed E-state index contributed by atoms with van der Waals surface area (Å²) in [6.45, 7) is 1.48.